The molecule has 0 aromatic rings. The molecule has 0 aliphatic carbocycles. The molecule has 0 spiro atoms. The van der Waals surface area contributed by atoms with Crippen molar-refractivity contribution >= 4 is 0 Å². The minimum Gasteiger partial charge on any atom is -0.330 e. The Labute approximate surface area is 83.5 Å². The molecule has 0 heterocycles. The molecule has 0 rings (SSSR count). The fourth-order valence-electron chi connectivity index (χ4n) is 1.53. The standard InChI is InChI=1S/C11H26N2/c1-4-8-13(5-2)9-6-7-11(3)10-12/h11H,4-10,12H2,1-3H3. The first-order chi connectivity index (χ1) is 6.24. The first kappa shape index (κ1) is 12.9. The topological polar surface area (TPSA) is 29.3 Å². The Kier molecular flexibility index (Phi) is 8.46. The lowest BCUT2D eigenvalue weighted by molar-refractivity contribution is 0.275. The van der Waals surface area contributed by atoms with Crippen LogP contribution in [0.4, 0.5) is 0 Å². The van der Waals surface area contributed by atoms with Gasteiger partial charge in [-0.3, -0.25) is 0 Å². The Hall–Kier alpha value is -0.0800. The van der Waals surface area contributed by atoms with Crippen molar-refractivity contribution in [3.8, 4) is 0 Å². The second-order valence-corrected chi connectivity index (χ2v) is 3.92. The third-order valence-electron chi connectivity index (χ3n) is 2.56. The summed E-state index contributed by atoms with van der Waals surface area (Å²) in [5, 5.41) is 0. The molecule has 1 atom stereocenters. The van der Waals surface area contributed by atoms with Crippen molar-refractivity contribution < 1.29 is 0 Å². The highest BCUT2D eigenvalue weighted by Crippen LogP contribution is 2.04. The largest absolute Gasteiger partial charge is 0.330 e. The number of hydrogen-bond donors (Lipinski definition) is 1. The van der Waals surface area contributed by atoms with Crippen LogP contribution in [-0.2, 0) is 0 Å². The molecule has 13 heavy (non-hydrogen) atoms. The van der Waals surface area contributed by atoms with E-state index in [2.05, 4.69) is 25.7 Å². The summed E-state index contributed by atoms with van der Waals surface area (Å²) < 4.78 is 0. The first-order valence-corrected chi connectivity index (χ1v) is 5.66. The highest BCUT2D eigenvalue weighted by molar-refractivity contribution is 4.58. The molecule has 0 amide bonds. The fourth-order valence-corrected chi connectivity index (χ4v) is 1.53. The maximum Gasteiger partial charge on any atom is -0.00187 e. The zero-order valence-corrected chi connectivity index (χ0v) is 9.55. The van der Waals surface area contributed by atoms with Crippen LogP contribution in [0.3, 0.4) is 0 Å². The van der Waals surface area contributed by atoms with Gasteiger partial charge in [-0.25, -0.2) is 0 Å². The van der Waals surface area contributed by atoms with Crippen molar-refractivity contribution in [2.45, 2.75) is 40.0 Å². The van der Waals surface area contributed by atoms with Gasteiger partial charge in [-0.05, 0) is 51.4 Å². The Bertz CT molecular complexity index is 104. The third kappa shape index (κ3) is 7.03. The van der Waals surface area contributed by atoms with E-state index in [4.69, 9.17) is 5.73 Å². The summed E-state index contributed by atoms with van der Waals surface area (Å²) in [6, 6.07) is 0. The van der Waals surface area contributed by atoms with Gasteiger partial charge in [0.25, 0.3) is 0 Å². The summed E-state index contributed by atoms with van der Waals surface area (Å²) in [5.74, 6) is 0.695. The molecule has 80 valence electrons. The molecule has 0 aromatic carbocycles. The Morgan fingerprint density at radius 1 is 1.23 bits per heavy atom. The fraction of sp³-hybridized carbons (Fsp3) is 1.00. The van der Waals surface area contributed by atoms with E-state index in [1.807, 2.05) is 0 Å². The average molecular weight is 186 g/mol. The van der Waals surface area contributed by atoms with Gasteiger partial charge in [0.1, 0.15) is 0 Å². The van der Waals surface area contributed by atoms with Crippen LogP contribution in [0.25, 0.3) is 0 Å². The highest BCUT2D eigenvalue weighted by Gasteiger charge is 2.02. The van der Waals surface area contributed by atoms with E-state index in [9.17, 15) is 0 Å². The van der Waals surface area contributed by atoms with Crippen molar-refractivity contribution in [1.82, 2.24) is 4.90 Å². The number of rotatable bonds is 8. The van der Waals surface area contributed by atoms with E-state index >= 15 is 0 Å². The van der Waals surface area contributed by atoms with Crippen LogP contribution in [0, 0.1) is 5.92 Å². The molecule has 0 aliphatic rings. The predicted molar refractivity (Wildman–Crippen MR) is 59.9 cm³/mol. The summed E-state index contributed by atoms with van der Waals surface area (Å²) in [7, 11) is 0. The lowest BCUT2D eigenvalue weighted by atomic mass is 10.1. The van der Waals surface area contributed by atoms with Crippen LogP contribution in [-0.4, -0.2) is 31.1 Å². The van der Waals surface area contributed by atoms with Crippen molar-refractivity contribution in [1.29, 1.82) is 0 Å². The first-order valence-electron chi connectivity index (χ1n) is 5.66. The van der Waals surface area contributed by atoms with E-state index in [0.29, 0.717) is 5.92 Å². The molecule has 0 bridgehead atoms. The van der Waals surface area contributed by atoms with Crippen LogP contribution >= 0.6 is 0 Å². The summed E-state index contributed by atoms with van der Waals surface area (Å²) in [4.78, 5) is 2.52. The smallest absolute Gasteiger partial charge is 0.00187 e. The quantitative estimate of drug-likeness (QED) is 0.629. The van der Waals surface area contributed by atoms with Crippen LogP contribution in [0.15, 0.2) is 0 Å². The minimum absolute atomic E-state index is 0.695. The highest BCUT2D eigenvalue weighted by atomic mass is 15.1. The summed E-state index contributed by atoms with van der Waals surface area (Å²) in [6.45, 7) is 11.2. The minimum atomic E-state index is 0.695. The van der Waals surface area contributed by atoms with Gasteiger partial charge in [-0.15, -0.1) is 0 Å². The second kappa shape index (κ2) is 8.52. The van der Waals surface area contributed by atoms with Crippen LogP contribution in [0.1, 0.15) is 40.0 Å². The van der Waals surface area contributed by atoms with Gasteiger partial charge in [-0.2, -0.15) is 0 Å². The van der Waals surface area contributed by atoms with Gasteiger partial charge in [0.15, 0.2) is 0 Å². The number of nitrogens with two attached hydrogens (primary N) is 1. The van der Waals surface area contributed by atoms with Crippen molar-refractivity contribution in [3.05, 3.63) is 0 Å². The maximum absolute atomic E-state index is 5.57. The second-order valence-electron chi connectivity index (χ2n) is 3.92. The molecule has 1 unspecified atom stereocenters. The predicted octanol–water partition coefficient (Wildman–Crippen LogP) is 2.09. The van der Waals surface area contributed by atoms with Crippen LogP contribution in [0.5, 0.6) is 0 Å². The molecule has 2 N–H and O–H groups in total. The third-order valence-corrected chi connectivity index (χ3v) is 2.56. The Morgan fingerprint density at radius 2 is 1.92 bits per heavy atom. The molecular formula is C11H26N2. The van der Waals surface area contributed by atoms with Gasteiger partial charge in [-0.1, -0.05) is 20.8 Å². The van der Waals surface area contributed by atoms with Crippen molar-refractivity contribution in [3.63, 3.8) is 0 Å². The summed E-state index contributed by atoms with van der Waals surface area (Å²) in [5.41, 5.74) is 5.57. The molecule has 2 heteroatoms. The molecule has 0 radical (unpaired) electrons. The van der Waals surface area contributed by atoms with E-state index in [1.54, 1.807) is 0 Å². The van der Waals surface area contributed by atoms with Crippen LogP contribution in [0.2, 0.25) is 0 Å². The van der Waals surface area contributed by atoms with Gasteiger partial charge < -0.3 is 10.6 Å². The Balaban J connectivity index is 3.37. The molecule has 0 aliphatic heterocycles. The maximum atomic E-state index is 5.57. The van der Waals surface area contributed by atoms with Crippen molar-refractivity contribution in [2.24, 2.45) is 11.7 Å². The van der Waals surface area contributed by atoms with Crippen LogP contribution < -0.4 is 5.73 Å². The lowest BCUT2D eigenvalue weighted by Crippen LogP contribution is -2.26. The van der Waals surface area contributed by atoms with E-state index in [-0.39, 0.29) is 0 Å². The summed E-state index contributed by atoms with van der Waals surface area (Å²) >= 11 is 0. The normalized spacial score (nSPS) is 13.6. The molecular weight excluding hydrogens is 160 g/mol. The molecule has 0 fully saturated rings. The zero-order valence-electron chi connectivity index (χ0n) is 9.55. The van der Waals surface area contributed by atoms with E-state index < -0.39 is 0 Å². The number of hydrogen-bond acceptors (Lipinski definition) is 2. The van der Waals surface area contributed by atoms with Gasteiger partial charge in [0.05, 0.1) is 0 Å². The number of nitrogens with zero attached hydrogens (tertiary/aromatic N) is 1. The molecule has 2 nitrogen and oxygen atoms in total. The average Bonchev–Trinajstić information content (AvgIpc) is 2.16. The van der Waals surface area contributed by atoms with Gasteiger partial charge in [0, 0.05) is 0 Å². The summed E-state index contributed by atoms with van der Waals surface area (Å²) in [6.07, 6.45) is 3.84. The van der Waals surface area contributed by atoms with Crippen molar-refractivity contribution in [2.75, 3.05) is 26.2 Å². The Morgan fingerprint density at radius 3 is 2.38 bits per heavy atom. The van der Waals surface area contributed by atoms with E-state index in [1.165, 1.54) is 38.9 Å². The molecule has 0 saturated carbocycles. The van der Waals surface area contributed by atoms with Gasteiger partial charge >= 0.3 is 0 Å². The van der Waals surface area contributed by atoms with Gasteiger partial charge in [0.2, 0.25) is 0 Å². The SMILES string of the molecule is CCCN(CC)CCCC(C)CN. The zero-order chi connectivity index (χ0) is 10.1. The lowest BCUT2D eigenvalue weighted by Gasteiger charge is -2.20. The van der Waals surface area contributed by atoms with E-state index in [0.717, 1.165) is 6.54 Å². The monoisotopic (exact) mass is 186 g/mol. The molecule has 0 saturated heterocycles. The molecule has 0 aromatic heterocycles.